The maximum atomic E-state index is 14.8. The highest BCUT2D eigenvalue weighted by molar-refractivity contribution is 7.11. The zero-order chi connectivity index (χ0) is 23.1. The molecule has 168 valence electrons. The summed E-state index contributed by atoms with van der Waals surface area (Å²) in [5.74, 6) is -3.83. The Morgan fingerprint density at radius 1 is 1.23 bits per heavy atom. The van der Waals surface area contributed by atoms with Gasteiger partial charge in [0.15, 0.2) is 0 Å². The molecule has 31 heavy (non-hydrogen) atoms. The van der Waals surface area contributed by atoms with Crippen molar-refractivity contribution in [1.82, 2.24) is 0 Å². The number of carbonyl (C=O) groups is 4. The van der Waals surface area contributed by atoms with E-state index in [1.807, 2.05) is 0 Å². The summed E-state index contributed by atoms with van der Waals surface area (Å²) in [6.45, 7) is 3.42. The van der Waals surface area contributed by atoms with Crippen LogP contribution in [0.4, 0.5) is 10.1 Å². The van der Waals surface area contributed by atoms with Crippen molar-refractivity contribution in [2.24, 2.45) is 0 Å². The summed E-state index contributed by atoms with van der Waals surface area (Å²) in [5, 5.41) is -1.21. The molecule has 1 aromatic rings. The number of hydrogen-bond acceptors (Lipinski definition) is 7. The lowest BCUT2D eigenvalue weighted by Gasteiger charge is -2.25. The van der Waals surface area contributed by atoms with E-state index in [1.165, 1.54) is 6.08 Å². The zero-order valence-electron chi connectivity index (χ0n) is 16.7. The average Bonchev–Trinajstić information content (AvgIpc) is 3.04. The number of thiophene rings is 1. The first-order valence-corrected chi connectivity index (χ1v) is 11.0. The van der Waals surface area contributed by atoms with Crippen molar-refractivity contribution in [3.05, 3.63) is 38.8 Å². The van der Waals surface area contributed by atoms with Crippen LogP contribution in [0.3, 0.4) is 0 Å². The zero-order valence-corrected chi connectivity index (χ0v) is 19.0. The Kier molecular flexibility index (Phi) is 9.21. The molecule has 0 bridgehead atoms. The standard InChI is InChI=1S/C20H20Cl2FNO6S/c1-3-8-30-20(28)12-7-5-4-6-11(12)19(27)24(14(25)10-21)17-16(22)13(31-18(17)23)9-15(26)29-2/h3H,1,4-10H2,2H3. The summed E-state index contributed by atoms with van der Waals surface area (Å²) in [5.41, 5.74) is -0.347. The summed E-state index contributed by atoms with van der Waals surface area (Å²) < 4.78 is 24.4. The Morgan fingerprint density at radius 2 is 1.87 bits per heavy atom. The number of rotatable bonds is 8. The number of anilines is 1. The molecule has 0 aliphatic heterocycles. The van der Waals surface area contributed by atoms with Crippen LogP contribution < -0.4 is 4.90 Å². The van der Waals surface area contributed by atoms with E-state index in [2.05, 4.69) is 11.3 Å². The van der Waals surface area contributed by atoms with Gasteiger partial charge in [-0.2, -0.15) is 4.39 Å². The lowest BCUT2D eigenvalue weighted by atomic mass is 9.90. The molecule has 0 aromatic carbocycles. The van der Waals surface area contributed by atoms with Crippen molar-refractivity contribution in [3.63, 3.8) is 0 Å². The number of nitrogens with zero attached hydrogens (tertiary/aromatic N) is 1. The number of imide groups is 1. The van der Waals surface area contributed by atoms with E-state index in [1.54, 1.807) is 0 Å². The molecule has 1 aliphatic carbocycles. The maximum absolute atomic E-state index is 14.8. The molecule has 0 saturated carbocycles. The van der Waals surface area contributed by atoms with Crippen molar-refractivity contribution in [2.75, 3.05) is 24.5 Å². The van der Waals surface area contributed by atoms with Crippen LogP contribution >= 0.6 is 34.5 Å². The molecule has 7 nitrogen and oxygen atoms in total. The first kappa shape index (κ1) is 25.0. The normalized spacial score (nSPS) is 13.5. The lowest BCUT2D eigenvalue weighted by molar-refractivity contribution is -0.140. The van der Waals surface area contributed by atoms with Crippen molar-refractivity contribution in [1.29, 1.82) is 0 Å². The molecule has 1 aromatic heterocycles. The number of hydrogen-bond donors (Lipinski definition) is 0. The molecule has 1 aliphatic rings. The SMILES string of the molecule is C=CCOC(=O)C1=C(C(=O)N(C(=O)CCl)c2c(F)sc(CC(=O)OC)c2Cl)CCCC1. The summed E-state index contributed by atoms with van der Waals surface area (Å²) >= 11 is 12.4. The number of halogens is 3. The van der Waals surface area contributed by atoms with Crippen molar-refractivity contribution in [2.45, 2.75) is 32.1 Å². The molecule has 11 heteroatoms. The third-order valence-electron chi connectivity index (χ3n) is 4.48. The molecule has 0 unspecified atom stereocenters. The Balaban J connectivity index is 2.54. The second-order valence-electron chi connectivity index (χ2n) is 6.43. The fraction of sp³-hybridized carbons (Fsp3) is 0.400. The third kappa shape index (κ3) is 5.72. The Morgan fingerprint density at radius 3 is 2.45 bits per heavy atom. The molecule has 0 radical (unpaired) electrons. The fourth-order valence-corrected chi connectivity index (χ4v) is 4.45. The molecular weight excluding hydrogens is 472 g/mol. The van der Waals surface area contributed by atoms with Crippen LogP contribution in [0.1, 0.15) is 30.6 Å². The van der Waals surface area contributed by atoms with Gasteiger partial charge in [0, 0.05) is 16.0 Å². The number of amides is 2. The topological polar surface area (TPSA) is 90.0 Å². The van der Waals surface area contributed by atoms with Gasteiger partial charge < -0.3 is 9.47 Å². The van der Waals surface area contributed by atoms with Crippen LogP contribution in [0, 0.1) is 5.13 Å². The van der Waals surface area contributed by atoms with Crippen LogP contribution in [0.15, 0.2) is 23.8 Å². The van der Waals surface area contributed by atoms with E-state index >= 15 is 0 Å². The van der Waals surface area contributed by atoms with Gasteiger partial charge in [0.05, 0.1) is 18.6 Å². The van der Waals surface area contributed by atoms with Gasteiger partial charge in [-0.05, 0) is 25.7 Å². The predicted octanol–water partition coefficient (Wildman–Crippen LogP) is 3.95. The van der Waals surface area contributed by atoms with Gasteiger partial charge in [0.25, 0.3) is 5.91 Å². The smallest absolute Gasteiger partial charge is 0.334 e. The highest BCUT2D eigenvalue weighted by Gasteiger charge is 2.36. The van der Waals surface area contributed by atoms with Gasteiger partial charge in [-0.3, -0.25) is 14.4 Å². The second kappa shape index (κ2) is 11.4. The molecule has 0 saturated heterocycles. The number of alkyl halides is 1. The minimum absolute atomic E-state index is 0.0370. The minimum Gasteiger partial charge on any atom is -0.469 e. The van der Waals surface area contributed by atoms with Gasteiger partial charge in [0.2, 0.25) is 11.0 Å². The Hall–Kier alpha value is -2.23. The van der Waals surface area contributed by atoms with E-state index < -0.39 is 40.5 Å². The van der Waals surface area contributed by atoms with Crippen LogP contribution in [-0.2, 0) is 35.1 Å². The van der Waals surface area contributed by atoms with Crippen molar-refractivity contribution in [3.8, 4) is 0 Å². The first-order chi connectivity index (χ1) is 14.8. The third-order valence-corrected chi connectivity index (χ3v) is 6.19. The van der Waals surface area contributed by atoms with E-state index in [-0.39, 0.29) is 46.9 Å². The molecular formula is C20H20Cl2FNO6S. The minimum atomic E-state index is -0.942. The summed E-state index contributed by atoms with van der Waals surface area (Å²) in [6.07, 6.45) is 2.76. The van der Waals surface area contributed by atoms with Gasteiger partial charge in [-0.15, -0.1) is 22.9 Å². The van der Waals surface area contributed by atoms with Crippen LogP contribution in [0.2, 0.25) is 5.02 Å². The predicted molar refractivity (Wildman–Crippen MR) is 115 cm³/mol. The first-order valence-electron chi connectivity index (χ1n) is 9.23. The van der Waals surface area contributed by atoms with E-state index in [0.29, 0.717) is 29.1 Å². The Bertz CT molecular complexity index is 942. The van der Waals surface area contributed by atoms with E-state index in [9.17, 15) is 23.6 Å². The highest BCUT2D eigenvalue weighted by atomic mass is 35.5. The average molecular weight is 492 g/mol. The summed E-state index contributed by atoms with van der Waals surface area (Å²) in [4.78, 5) is 50.5. The van der Waals surface area contributed by atoms with Gasteiger partial charge >= 0.3 is 11.9 Å². The van der Waals surface area contributed by atoms with Crippen molar-refractivity contribution >= 4 is 64.0 Å². The van der Waals surface area contributed by atoms with Crippen LogP contribution in [-0.4, -0.2) is 43.3 Å². The molecule has 1 heterocycles. The number of esters is 2. The monoisotopic (exact) mass is 491 g/mol. The molecule has 0 N–H and O–H groups in total. The summed E-state index contributed by atoms with van der Waals surface area (Å²) in [6, 6.07) is 0. The lowest BCUT2D eigenvalue weighted by Crippen LogP contribution is -2.40. The molecule has 2 amide bonds. The number of carbonyl (C=O) groups excluding carboxylic acids is 4. The molecule has 0 fully saturated rings. The van der Waals surface area contributed by atoms with Gasteiger partial charge in [-0.1, -0.05) is 24.3 Å². The van der Waals surface area contributed by atoms with Crippen LogP contribution in [0.25, 0.3) is 0 Å². The fourth-order valence-electron chi connectivity index (χ4n) is 3.05. The number of methoxy groups -OCH3 is 1. The summed E-state index contributed by atoms with van der Waals surface area (Å²) in [7, 11) is 1.16. The highest BCUT2D eigenvalue weighted by Crippen LogP contribution is 2.41. The largest absolute Gasteiger partial charge is 0.469 e. The van der Waals surface area contributed by atoms with Gasteiger partial charge in [0.1, 0.15) is 18.2 Å². The number of ether oxygens (including phenoxy) is 2. The van der Waals surface area contributed by atoms with Crippen molar-refractivity contribution < 1.29 is 33.0 Å². The Labute approximate surface area is 192 Å². The molecule has 0 spiro atoms. The van der Waals surface area contributed by atoms with Gasteiger partial charge in [-0.25, -0.2) is 9.69 Å². The maximum Gasteiger partial charge on any atom is 0.334 e. The molecule has 0 atom stereocenters. The van der Waals surface area contributed by atoms with Crippen LogP contribution in [0.5, 0.6) is 0 Å². The molecule has 2 rings (SSSR count). The van der Waals surface area contributed by atoms with E-state index in [0.717, 1.165) is 7.11 Å². The van der Waals surface area contributed by atoms with E-state index in [4.69, 9.17) is 27.9 Å². The second-order valence-corrected chi connectivity index (χ2v) is 8.13. The quantitative estimate of drug-likeness (QED) is 0.310.